The summed E-state index contributed by atoms with van der Waals surface area (Å²) >= 11 is 4.83. The number of halogens is 1. The van der Waals surface area contributed by atoms with Crippen LogP contribution in [-0.2, 0) is 23.1 Å². The Balaban J connectivity index is 1.56. The van der Waals surface area contributed by atoms with Gasteiger partial charge in [0.2, 0.25) is 10.0 Å². The number of hydrogen-bond acceptors (Lipinski definition) is 6. The van der Waals surface area contributed by atoms with E-state index in [1.165, 1.54) is 11.8 Å². The van der Waals surface area contributed by atoms with Gasteiger partial charge in [0.15, 0.2) is 5.16 Å². The number of nitrogens with zero attached hydrogens (tertiary/aromatic N) is 3. The molecular weight excluding hydrogens is 476 g/mol. The van der Waals surface area contributed by atoms with Crippen LogP contribution in [0.4, 0.5) is 0 Å². The molecule has 1 aromatic heterocycles. The van der Waals surface area contributed by atoms with Crippen molar-refractivity contribution < 1.29 is 13.2 Å². The van der Waals surface area contributed by atoms with Gasteiger partial charge in [0.05, 0.1) is 18.0 Å². The van der Waals surface area contributed by atoms with E-state index in [0.717, 1.165) is 15.4 Å². The smallest absolute Gasteiger partial charge is 0.240 e. The molecule has 2 aromatic carbocycles. The number of thioether (sulfide) groups is 1. The summed E-state index contributed by atoms with van der Waals surface area (Å²) in [5.41, 5.74) is 0. The van der Waals surface area contributed by atoms with Crippen molar-refractivity contribution in [1.29, 1.82) is 0 Å². The standard InChI is InChI=1S/C19H21BrN4O3S2/c1-2-24-18(14-21-29(25,26)17-10-8-15(20)9-11-17)22-23-19(24)28-13-12-27-16-6-4-3-5-7-16/h3-11,21H,2,12-14H2,1H3. The first-order valence-corrected chi connectivity index (χ1v) is 12.2. The maximum absolute atomic E-state index is 12.5. The summed E-state index contributed by atoms with van der Waals surface area (Å²) in [6, 6.07) is 16.1. The fourth-order valence-corrected chi connectivity index (χ4v) is 4.62. The van der Waals surface area contributed by atoms with Crippen LogP contribution < -0.4 is 9.46 Å². The SMILES string of the molecule is CCn1c(CNS(=O)(=O)c2ccc(Br)cc2)nnc1SCCOc1ccccc1. The number of sulfonamides is 1. The van der Waals surface area contributed by atoms with Crippen LogP contribution in [-0.4, -0.2) is 35.5 Å². The highest BCUT2D eigenvalue weighted by atomic mass is 79.9. The van der Waals surface area contributed by atoms with E-state index >= 15 is 0 Å². The highest BCUT2D eigenvalue weighted by molar-refractivity contribution is 9.10. The fraction of sp³-hybridized carbons (Fsp3) is 0.263. The monoisotopic (exact) mass is 496 g/mol. The number of benzene rings is 2. The average molecular weight is 497 g/mol. The summed E-state index contributed by atoms with van der Waals surface area (Å²) in [6.45, 7) is 3.22. The molecule has 10 heteroatoms. The molecule has 0 aliphatic carbocycles. The first-order valence-electron chi connectivity index (χ1n) is 8.97. The molecule has 0 unspecified atom stereocenters. The highest BCUT2D eigenvalue weighted by Gasteiger charge is 2.17. The second kappa shape index (κ2) is 10.2. The van der Waals surface area contributed by atoms with Crippen molar-refractivity contribution in [3.63, 3.8) is 0 Å². The molecule has 29 heavy (non-hydrogen) atoms. The molecule has 1 N–H and O–H groups in total. The van der Waals surface area contributed by atoms with Crippen molar-refractivity contribution >= 4 is 37.7 Å². The Bertz CT molecular complexity index is 1030. The van der Waals surface area contributed by atoms with E-state index in [4.69, 9.17) is 4.74 Å². The van der Waals surface area contributed by atoms with Crippen LogP contribution in [0, 0.1) is 0 Å². The number of nitrogens with one attached hydrogen (secondary N) is 1. The molecule has 154 valence electrons. The van der Waals surface area contributed by atoms with Gasteiger partial charge in [-0.3, -0.25) is 0 Å². The van der Waals surface area contributed by atoms with Gasteiger partial charge in [0.25, 0.3) is 0 Å². The Hall–Kier alpha value is -1.88. The van der Waals surface area contributed by atoms with Crippen LogP contribution in [0.3, 0.4) is 0 Å². The van der Waals surface area contributed by atoms with Crippen molar-refractivity contribution in [2.75, 3.05) is 12.4 Å². The fourth-order valence-electron chi connectivity index (χ4n) is 2.54. The third kappa shape index (κ3) is 6.05. The van der Waals surface area contributed by atoms with Gasteiger partial charge in [-0.05, 0) is 43.3 Å². The molecule has 0 saturated heterocycles. The Kier molecular flexibility index (Phi) is 7.70. The summed E-state index contributed by atoms with van der Waals surface area (Å²) in [5, 5.41) is 9.09. The van der Waals surface area contributed by atoms with Gasteiger partial charge in [0, 0.05) is 16.8 Å². The van der Waals surface area contributed by atoms with Crippen LogP contribution in [0.2, 0.25) is 0 Å². The van der Waals surface area contributed by atoms with Crippen molar-refractivity contribution in [3.05, 3.63) is 64.9 Å². The first-order chi connectivity index (χ1) is 14.0. The maximum Gasteiger partial charge on any atom is 0.240 e. The van der Waals surface area contributed by atoms with Crippen LogP contribution in [0.5, 0.6) is 5.75 Å². The van der Waals surface area contributed by atoms with Crippen LogP contribution >= 0.6 is 27.7 Å². The number of hydrogen-bond donors (Lipinski definition) is 1. The lowest BCUT2D eigenvalue weighted by Crippen LogP contribution is -2.25. The second-order valence-electron chi connectivity index (χ2n) is 5.93. The van der Waals surface area contributed by atoms with Gasteiger partial charge in [-0.1, -0.05) is 45.9 Å². The summed E-state index contributed by atoms with van der Waals surface area (Å²) in [4.78, 5) is 0.205. The number of ether oxygens (including phenoxy) is 1. The third-order valence-corrected chi connectivity index (χ3v) is 6.86. The minimum Gasteiger partial charge on any atom is -0.493 e. The predicted octanol–water partition coefficient (Wildman–Crippen LogP) is 3.71. The third-order valence-electron chi connectivity index (χ3n) is 3.98. The predicted molar refractivity (Wildman–Crippen MR) is 117 cm³/mol. The first kappa shape index (κ1) is 21.8. The number of rotatable bonds is 10. The largest absolute Gasteiger partial charge is 0.493 e. The molecule has 0 atom stereocenters. The van der Waals surface area contributed by atoms with Crippen molar-refractivity contribution in [2.24, 2.45) is 0 Å². The minimum absolute atomic E-state index is 0.0698. The molecule has 0 spiro atoms. The Morgan fingerprint density at radius 2 is 1.83 bits per heavy atom. The van der Waals surface area contributed by atoms with Crippen LogP contribution in [0.15, 0.2) is 69.1 Å². The van der Waals surface area contributed by atoms with E-state index in [1.807, 2.05) is 41.8 Å². The van der Waals surface area contributed by atoms with Gasteiger partial charge in [0.1, 0.15) is 11.6 Å². The summed E-state index contributed by atoms with van der Waals surface area (Å²) in [6.07, 6.45) is 0. The molecule has 1 heterocycles. The lowest BCUT2D eigenvalue weighted by molar-refractivity contribution is 0.344. The molecule has 7 nitrogen and oxygen atoms in total. The zero-order chi connectivity index (χ0) is 20.7. The van der Waals surface area contributed by atoms with Crippen molar-refractivity contribution in [1.82, 2.24) is 19.5 Å². The zero-order valence-corrected chi connectivity index (χ0v) is 19.0. The molecule has 0 saturated carbocycles. The summed E-state index contributed by atoms with van der Waals surface area (Å²) in [5.74, 6) is 2.10. The van der Waals surface area contributed by atoms with Crippen molar-refractivity contribution in [3.8, 4) is 5.75 Å². The highest BCUT2D eigenvalue weighted by Crippen LogP contribution is 2.19. The Morgan fingerprint density at radius 1 is 1.10 bits per heavy atom. The lowest BCUT2D eigenvalue weighted by Gasteiger charge is -2.09. The Labute approximate surface area is 183 Å². The number of para-hydroxylation sites is 1. The van der Waals surface area contributed by atoms with E-state index in [-0.39, 0.29) is 11.4 Å². The average Bonchev–Trinajstić information content (AvgIpc) is 3.13. The zero-order valence-electron chi connectivity index (χ0n) is 15.8. The molecule has 0 amide bonds. The van der Waals surface area contributed by atoms with Crippen molar-refractivity contribution in [2.45, 2.75) is 30.1 Å². The van der Waals surface area contributed by atoms with Gasteiger partial charge >= 0.3 is 0 Å². The van der Waals surface area contributed by atoms with Gasteiger partial charge in [-0.25, -0.2) is 13.1 Å². The molecule has 3 aromatic rings. The van der Waals surface area contributed by atoms with Gasteiger partial charge in [-0.2, -0.15) is 0 Å². The van der Waals surface area contributed by atoms with Crippen LogP contribution in [0.25, 0.3) is 0 Å². The van der Waals surface area contributed by atoms with E-state index in [2.05, 4.69) is 30.8 Å². The van der Waals surface area contributed by atoms with Gasteiger partial charge in [-0.15, -0.1) is 10.2 Å². The quantitative estimate of drug-likeness (QED) is 0.340. The van der Waals surface area contributed by atoms with Gasteiger partial charge < -0.3 is 9.30 Å². The molecule has 0 aliphatic rings. The van der Waals surface area contributed by atoms with E-state index in [1.54, 1.807) is 24.3 Å². The minimum atomic E-state index is -3.62. The maximum atomic E-state index is 12.5. The lowest BCUT2D eigenvalue weighted by atomic mass is 10.3. The topological polar surface area (TPSA) is 86.1 Å². The van der Waals surface area contributed by atoms with E-state index < -0.39 is 10.0 Å². The molecule has 0 bridgehead atoms. The Morgan fingerprint density at radius 3 is 2.52 bits per heavy atom. The molecule has 0 fully saturated rings. The molecule has 3 rings (SSSR count). The second-order valence-corrected chi connectivity index (χ2v) is 9.68. The van der Waals surface area contributed by atoms with Crippen LogP contribution in [0.1, 0.15) is 12.7 Å². The molecule has 0 radical (unpaired) electrons. The molecular formula is C19H21BrN4O3S2. The number of aromatic nitrogens is 3. The summed E-state index contributed by atoms with van der Waals surface area (Å²) < 4.78 is 35.9. The normalized spacial score (nSPS) is 11.5. The molecule has 0 aliphatic heterocycles. The summed E-state index contributed by atoms with van der Waals surface area (Å²) in [7, 11) is -3.62. The van der Waals surface area contributed by atoms with E-state index in [9.17, 15) is 8.42 Å². The van der Waals surface area contributed by atoms with E-state index in [0.29, 0.717) is 24.7 Å².